The second-order valence-electron chi connectivity index (χ2n) is 12.6. The van der Waals surface area contributed by atoms with Crippen molar-refractivity contribution in [2.75, 3.05) is 0 Å². The molecule has 1 N–H and O–H groups in total. The number of nitrogens with one attached hydrogen (secondary N) is 1. The van der Waals surface area contributed by atoms with Crippen molar-refractivity contribution in [2.24, 2.45) is 7.05 Å². The van der Waals surface area contributed by atoms with E-state index < -0.39 is 36.0 Å². The lowest BCUT2D eigenvalue weighted by molar-refractivity contribution is -0.136. The maximum Gasteiger partial charge on any atom is 0.408 e. The van der Waals surface area contributed by atoms with Crippen molar-refractivity contribution in [3.8, 4) is 33.9 Å². The number of rotatable bonds is 5. The molecule has 2 aromatic carbocycles. The Morgan fingerprint density at radius 1 is 0.978 bits per heavy atom. The number of fused-ring (bicyclic) bond motifs is 3. The number of imidazole rings is 1. The molecule has 0 aliphatic heterocycles. The number of ether oxygens (including phenoxy) is 1. The summed E-state index contributed by atoms with van der Waals surface area (Å²) in [5.41, 5.74) is 4.04. The number of alkyl halides is 2. The summed E-state index contributed by atoms with van der Waals surface area (Å²) in [5.74, 6) is -2.25. The lowest BCUT2D eigenvalue weighted by Crippen LogP contribution is -2.60. The molecule has 1 amide bonds. The van der Waals surface area contributed by atoms with Gasteiger partial charge in [-0.15, -0.1) is 10.2 Å². The number of pyridine rings is 2. The fraction of sp³-hybridized carbons (Fsp3) is 0.265. The molecular formula is C34H31F2N7O2. The van der Waals surface area contributed by atoms with Crippen molar-refractivity contribution in [1.82, 2.24) is 34.4 Å². The minimum Gasteiger partial charge on any atom is -0.444 e. The molecule has 0 bridgehead atoms. The first-order valence-electron chi connectivity index (χ1n) is 14.6. The number of halogens is 2. The average Bonchev–Trinajstić information content (AvgIpc) is 3.61. The fourth-order valence-corrected chi connectivity index (χ4v) is 6.00. The number of carbonyl (C=O) groups excluding carboxylic acids is 1. The lowest BCUT2D eigenvalue weighted by atomic mass is 9.69. The molecule has 9 nitrogen and oxygen atoms in total. The predicted molar refractivity (Wildman–Crippen MR) is 167 cm³/mol. The fourth-order valence-electron chi connectivity index (χ4n) is 6.00. The summed E-state index contributed by atoms with van der Waals surface area (Å²) in [6.07, 6.45) is 3.76. The maximum absolute atomic E-state index is 14.2. The van der Waals surface area contributed by atoms with E-state index >= 15 is 0 Å². The van der Waals surface area contributed by atoms with E-state index in [0.29, 0.717) is 22.7 Å². The number of aryl methyl sites for hydroxylation is 1. The summed E-state index contributed by atoms with van der Waals surface area (Å²) >= 11 is 0. The molecule has 45 heavy (non-hydrogen) atoms. The van der Waals surface area contributed by atoms with Gasteiger partial charge in [0, 0.05) is 48.8 Å². The van der Waals surface area contributed by atoms with Gasteiger partial charge >= 0.3 is 6.09 Å². The van der Waals surface area contributed by atoms with Gasteiger partial charge in [0.05, 0.1) is 23.1 Å². The van der Waals surface area contributed by atoms with Crippen molar-refractivity contribution in [1.29, 1.82) is 0 Å². The quantitative estimate of drug-likeness (QED) is 0.223. The molecule has 4 heterocycles. The Morgan fingerprint density at radius 2 is 1.71 bits per heavy atom. The minimum atomic E-state index is -2.88. The van der Waals surface area contributed by atoms with Gasteiger partial charge < -0.3 is 14.6 Å². The molecule has 228 valence electrons. The van der Waals surface area contributed by atoms with Crippen LogP contribution in [0.3, 0.4) is 0 Å². The second-order valence-corrected chi connectivity index (χ2v) is 12.6. The molecule has 6 aromatic rings. The SMILES string of the molecule is Cn1cnc(-c2nnc3c4cc(-c5ccccc5)c(-c5ccc(C6(NC(=O)OC(C)(C)C)CC(F)(F)C6)cc5)nc4ccn23)c1. The molecule has 0 atom stereocenters. The van der Waals surface area contributed by atoms with Crippen LogP contribution in [0.5, 0.6) is 0 Å². The van der Waals surface area contributed by atoms with E-state index in [9.17, 15) is 13.6 Å². The minimum absolute atomic E-state index is 0.503. The van der Waals surface area contributed by atoms with Gasteiger partial charge in [-0.2, -0.15) is 0 Å². The molecule has 0 unspecified atom stereocenters. The van der Waals surface area contributed by atoms with Crippen LogP contribution in [-0.2, 0) is 17.3 Å². The highest BCUT2D eigenvalue weighted by molar-refractivity contribution is 5.98. The number of benzene rings is 2. The number of amides is 1. The number of aromatic nitrogens is 6. The lowest BCUT2D eigenvalue weighted by Gasteiger charge is -2.48. The monoisotopic (exact) mass is 607 g/mol. The van der Waals surface area contributed by atoms with E-state index in [1.807, 2.05) is 76.9 Å². The Bertz CT molecular complexity index is 2050. The van der Waals surface area contributed by atoms with Gasteiger partial charge in [0.1, 0.15) is 11.3 Å². The highest BCUT2D eigenvalue weighted by Gasteiger charge is 2.58. The largest absolute Gasteiger partial charge is 0.444 e. The predicted octanol–water partition coefficient (Wildman–Crippen LogP) is 7.16. The topological polar surface area (TPSA) is 99.2 Å². The third-order valence-electron chi connectivity index (χ3n) is 7.96. The van der Waals surface area contributed by atoms with Crippen molar-refractivity contribution in [3.63, 3.8) is 0 Å². The summed E-state index contributed by atoms with van der Waals surface area (Å²) < 4.78 is 37.6. The highest BCUT2D eigenvalue weighted by Crippen LogP contribution is 2.52. The number of hydrogen-bond donors (Lipinski definition) is 1. The van der Waals surface area contributed by atoms with Crippen molar-refractivity contribution in [3.05, 3.63) is 91.0 Å². The maximum atomic E-state index is 14.2. The van der Waals surface area contributed by atoms with Crippen LogP contribution in [0, 0.1) is 0 Å². The van der Waals surface area contributed by atoms with E-state index in [-0.39, 0.29) is 0 Å². The van der Waals surface area contributed by atoms with Crippen LogP contribution in [0.25, 0.3) is 50.5 Å². The van der Waals surface area contributed by atoms with E-state index in [1.165, 1.54) is 0 Å². The molecule has 1 saturated carbocycles. The van der Waals surface area contributed by atoms with E-state index in [4.69, 9.17) is 9.72 Å². The Hall–Kier alpha value is -5.19. The van der Waals surface area contributed by atoms with Crippen LogP contribution in [0.2, 0.25) is 0 Å². The first-order valence-corrected chi connectivity index (χ1v) is 14.6. The van der Waals surface area contributed by atoms with Gasteiger partial charge in [-0.05, 0) is 44.0 Å². The molecule has 0 saturated heterocycles. The Kier molecular flexibility index (Phi) is 6.47. The Morgan fingerprint density at radius 3 is 2.36 bits per heavy atom. The van der Waals surface area contributed by atoms with Crippen molar-refractivity contribution < 1.29 is 18.3 Å². The summed E-state index contributed by atoms with van der Waals surface area (Å²) in [7, 11) is 1.90. The second kappa shape index (κ2) is 10.2. The van der Waals surface area contributed by atoms with Gasteiger partial charge in [0.2, 0.25) is 0 Å². The zero-order valence-electron chi connectivity index (χ0n) is 25.3. The third kappa shape index (κ3) is 5.28. The van der Waals surface area contributed by atoms with Crippen LogP contribution >= 0.6 is 0 Å². The van der Waals surface area contributed by atoms with Crippen molar-refractivity contribution in [2.45, 2.75) is 50.7 Å². The molecule has 1 fully saturated rings. The molecular weight excluding hydrogens is 576 g/mol. The third-order valence-corrected chi connectivity index (χ3v) is 7.96. The van der Waals surface area contributed by atoms with Crippen LogP contribution in [0.4, 0.5) is 13.6 Å². The molecule has 1 aliphatic rings. The van der Waals surface area contributed by atoms with Gasteiger partial charge in [0.25, 0.3) is 5.92 Å². The smallest absolute Gasteiger partial charge is 0.408 e. The number of carbonyl (C=O) groups is 1. The van der Waals surface area contributed by atoms with Gasteiger partial charge in [-0.1, -0.05) is 54.6 Å². The Balaban J connectivity index is 1.31. The van der Waals surface area contributed by atoms with Crippen molar-refractivity contribution >= 4 is 22.6 Å². The molecule has 7 rings (SSSR count). The molecule has 4 aromatic heterocycles. The number of hydrogen-bond acceptors (Lipinski definition) is 6. The molecule has 0 radical (unpaired) electrons. The van der Waals surface area contributed by atoms with Crippen LogP contribution in [0.15, 0.2) is 85.5 Å². The molecule has 11 heteroatoms. The summed E-state index contributed by atoms with van der Waals surface area (Å²) in [4.78, 5) is 22.2. The molecule has 0 spiro atoms. The standard InChI is InChI=1S/C34H31F2N7O2/c1-32(2,3)45-31(44)39-33(18-34(35,36)19-33)23-12-10-22(11-13-23)28-24(21-8-6-5-7-9-21)16-25-26(38-28)14-15-43-29(25)40-41-30(43)27-17-42(4)20-37-27/h5-17,20H,18-19H2,1-4H3,(H,39,44). The van der Waals surface area contributed by atoms with Gasteiger partial charge in [0.15, 0.2) is 11.5 Å². The Labute approximate surface area is 257 Å². The molecule has 1 aliphatic carbocycles. The highest BCUT2D eigenvalue weighted by atomic mass is 19.3. The van der Waals surface area contributed by atoms with E-state index in [0.717, 1.165) is 33.3 Å². The zero-order chi connectivity index (χ0) is 31.6. The average molecular weight is 608 g/mol. The number of alkyl carbamates (subject to hydrolysis) is 1. The number of nitrogens with zero attached hydrogens (tertiary/aromatic N) is 6. The normalized spacial score (nSPS) is 15.6. The summed E-state index contributed by atoms with van der Waals surface area (Å²) in [6, 6.07) is 21.2. The summed E-state index contributed by atoms with van der Waals surface area (Å²) in [5, 5.41) is 12.5. The van der Waals surface area contributed by atoms with E-state index in [2.05, 4.69) is 26.6 Å². The zero-order valence-corrected chi connectivity index (χ0v) is 25.3. The van der Waals surface area contributed by atoms with Crippen LogP contribution in [-0.4, -0.2) is 46.7 Å². The first kappa shape index (κ1) is 28.6. The van der Waals surface area contributed by atoms with E-state index in [1.54, 1.807) is 39.2 Å². The van der Waals surface area contributed by atoms with Gasteiger partial charge in [-0.3, -0.25) is 4.40 Å². The first-order chi connectivity index (χ1) is 21.4. The van der Waals surface area contributed by atoms with Crippen LogP contribution in [0.1, 0.15) is 39.2 Å². The van der Waals surface area contributed by atoms with Crippen LogP contribution < -0.4 is 5.32 Å². The van der Waals surface area contributed by atoms with Gasteiger partial charge in [-0.25, -0.2) is 23.5 Å². The summed E-state index contributed by atoms with van der Waals surface area (Å²) in [6.45, 7) is 5.20.